The lowest BCUT2D eigenvalue weighted by atomic mass is 9.99. The molecule has 1 aliphatic rings. The maximum Gasteiger partial charge on any atom is 0.253 e. The van der Waals surface area contributed by atoms with Gasteiger partial charge < -0.3 is 5.32 Å². The Morgan fingerprint density at radius 2 is 2.33 bits per heavy atom. The van der Waals surface area contributed by atoms with Crippen molar-refractivity contribution < 1.29 is 0 Å². The Labute approximate surface area is 108 Å². The molecule has 0 radical (unpaired) electrons. The fourth-order valence-corrected chi connectivity index (χ4v) is 2.90. The first-order chi connectivity index (χ1) is 8.70. The highest BCUT2D eigenvalue weighted by Crippen LogP contribution is 2.28. The first-order valence-corrected chi connectivity index (χ1v) is 6.97. The first kappa shape index (κ1) is 13.3. The number of hydrogen-bond acceptors (Lipinski definition) is 3. The number of nitrogens with one attached hydrogen (secondary N) is 1. The zero-order chi connectivity index (χ0) is 13.0. The molecule has 0 saturated heterocycles. The third-order valence-corrected chi connectivity index (χ3v) is 3.88. The van der Waals surface area contributed by atoms with Crippen LogP contribution in [0.2, 0.25) is 0 Å². The number of nitrogens with zero attached hydrogens (tertiary/aromatic N) is 2. The van der Waals surface area contributed by atoms with Crippen molar-refractivity contribution >= 4 is 0 Å². The fraction of sp³-hybridized carbons (Fsp3) is 0.714. The Kier molecular flexibility index (Phi) is 4.53. The standard InChI is InChI=1S/C14H23N3O/c1-3-15-13-6-4-5-12(13)7-8-17-10-16-11(2)9-14(17)18/h9-10,12-13,15H,3-8H2,1-2H3. The summed E-state index contributed by atoms with van der Waals surface area (Å²) < 4.78 is 1.73. The second-order valence-corrected chi connectivity index (χ2v) is 5.21. The number of aromatic nitrogens is 2. The molecule has 2 atom stereocenters. The van der Waals surface area contributed by atoms with Crippen molar-refractivity contribution in [2.45, 2.75) is 52.1 Å². The number of rotatable bonds is 5. The molecular formula is C14H23N3O. The van der Waals surface area contributed by atoms with E-state index >= 15 is 0 Å². The summed E-state index contributed by atoms with van der Waals surface area (Å²) in [6.07, 6.45) is 6.62. The Hall–Kier alpha value is -1.16. The molecule has 0 aromatic carbocycles. The molecule has 2 rings (SSSR count). The average Bonchev–Trinajstić information content (AvgIpc) is 2.76. The van der Waals surface area contributed by atoms with Gasteiger partial charge in [0, 0.05) is 24.3 Å². The highest BCUT2D eigenvalue weighted by molar-refractivity contribution is 4.96. The zero-order valence-corrected chi connectivity index (χ0v) is 11.4. The molecule has 2 unspecified atom stereocenters. The smallest absolute Gasteiger partial charge is 0.253 e. The van der Waals surface area contributed by atoms with E-state index < -0.39 is 0 Å². The van der Waals surface area contributed by atoms with Gasteiger partial charge in [0.25, 0.3) is 5.56 Å². The lowest BCUT2D eigenvalue weighted by Crippen LogP contribution is -2.33. The summed E-state index contributed by atoms with van der Waals surface area (Å²) in [7, 11) is 0. The predicted octanol–water partition coefficient (Wildman–Crippen LogP) is 1.72. The Balaban J connectivity index is 1.92. The predicted molar refractivity (Wildman–Crippen MR) is 72.7 cm³/mol. The summed E-state index contributed by atoms with van der Waals surface area (Å²) in [6.45, 7) is 5.83. The number of hydrogen-bond donors (Lipinski definition) is 1. The van der Waals surface area contributed by atoms with Gasteiger partial charge in [-0.05, 0) is 38.6 Å². The largest absolute Gasteiger partial charge is 0.314 e. The third kappa shape index (κ3) is 3.19. The highest BCUT2D eigenvalue weighted by atomic mass is 16.1. The van der Waals surface area contributed by atoms with Crippen LogP contribution < -0.4 is 10.9 Å². The van der Waals surface area contributed by atoms with Gasteiger partial charge in [0.15, 0.2) is 0 Å². The molecule has 100 valence electrons. The Bertz CT molecular complexity index is 441. The molecular weight excluding hydrogens is 226 g/mol. The van der Waals surface area contributed by atoms with Crippen LogP contribution in [0.15, 0.2) is 17.2 Å². The van der Waals surface area contributed by atoms with E-state index in [4.69, 9.17) is 0 Å². The molecule has 1 aromatic rings. The van der Waals surface area contributed by atoms with Gasteiger partial charge in [0.2, 0.25) is 0 Å². The minimum Gasteiger partial charge on any atom is -0.314 e. The molecule has 1 heterocycles. The van der Waals surface area contributed by atoms with Gasteiger partial charge in [-0.3, -0.25) is 9.36 Å². The van der Waals surface area contributed by atoms with E-state index in [0.29, 0.717) is 12.0 Å². The molecule has 1 aliphatic carbocycles. The van der Waals surface area contributed by atoms with Gasteiger partial charge in [-0.15, -0.1) is 0 Å². The molecule has 4 nitrogen and oxygen atoms in total. The lowest BCUT2D eigenvalue weighted by Gasteiger charge is -2.20. The molecule has 0 spiro atoms. The van der Waals surface area contributed by atoms with Crippen LogP contribution >= 0.6 is 0 Å². The maximum absolute atomic E-state index is 11.8. The van der Waals surface area contributed by atoms with Crippen LogP contribution in [-0.4, -0.2) is 22.1 Å². The molecule has 1 fully saturated rings. The topological polar surface area (TPSA) is 46.9 Å². The van der Waals surface area contributed by atoms with E-state index in [9.17, 15) is 4.79 Å². The normalized spacial score (nSPS) is 23.4. The van der Waals surface area contributed by atoms with Crippen molar-refractivity contribution in [3.8, 4) is 0 Å². The minimum atomic E-state index is 0.0699. The molecule has 0 bridgehead atoms. The Morgan fingerprint density at radius 1 is 1.50 bits per heavy atom. The maximum atomic E-state index is 11.8. The van der Waals surface area contributed by atoms with Crippen LogP contribution in [0.3, 0.4) is 0 Å². The van der Waals surface area contributed by atoms with Crippen molar-refractivity contribution in [2.75, 3.05) is 6.54 Å². The molecule has 0 amide bonds. The summed E-state index contributed by atoms with van der Waals surface area (Å²) in [5.41, 5.74) is 0.864. The fourth-order valence-electron chi connectivity index (χ4n) is 2.90. The van der Waals surface area contributed by atoms with Crippen molar-refractivity contribution in [1.29, 1.82) is 0 Å². The Morgan fingerprint density at radius 3 is 3.06 bits per heavy atom. The zero-order valence-electron chi connectivity index (χ0n) is 11.4. The van der Waals surface area contributed by atoms with E-state index in [-0.39, 0.29) is 5.56 Å². The van der Waals surface area contributed by atoms with Crippen molar-refractivity contribution in [1.82, 2.24) is 14.9 Å². The van der Waals surface area contributed by atoms with Crippen LogP contribution in [0.5, 0.6) is 0 Å². The van der Waals surface area contributed by atoms with Crippen molar-refractivity contribution in [2.24, 2.45) is 5.92 Å². The van der Waals surface area contributed by atoms with E-state index in [2.05, 4.69) is 17.2 Å². The summed E-state index contributed by atoms with van der Waals surface area (Å²) >= 11 is 0. The van der Waals surface area contributed by atoms with E-state index in [0.717, 1.165) is 25.2 Å². The van der Waals surface area contributed by atoms with Gasteiger partial charge in [0.1, 0.15) is 0 Å². The molecule has 1 N–H and O–H groups in total. The monoisotopic (exact) mass is 249 g/mol. The minimum absolute atomic E-state index is 0.0699. The second-order valence-electron chi connectivity index (χ2n) is 5.21. The van der Waals surface area contributed by atoms with E-state index in [1.165, 1.54) is 19.3 Å². The van der Waals surface area contributed by atoms with Crippen molar-refractivity contribution in [3.05, 3.63) is 28.4 Å². The van der Waals surface area contributed by atoms with Crippen molar-refractivity contribution in [3.63, 3.8) is 0 Å². The van der Waals surface area contributed by atoms with Crippen LogP contribution in [0, 0.1) is 12.8 Å². The summed E-state index contributed by atoms with van der Waals surface area (Å²) in [5, 5.41) is 3.55. The van der Waals surface area contributed by atoms with Crippen LogP contribution in [0.1, 0.15) is 38.3 Å². The quantitative estimate of drug-likeness (QED) is 0.864. The van der Waals surface area contributed by atoms with Gasteiger partial charge >= 0.3 is 0 Å². The molecule has 1 aromatic heterocycles. The second kappa shape index (κ2) is 6.14. The summed E-state index contributed by atoms with van der Waals surface area (Å²) in [4.78, 5) is 15.9. The molecule has 1 saturated carbocycles. The van der Waals surface area contributed by atoms with E-state index in [1.54, 1.807) is 17.0 Å². The van der Waals surface area contributed by atoms with Gasteiger partial charge in [-0.1, -0.05) is 13.3 Å². The van der Waals surface area contributed by atoms with E-state index in [1.807, 2.05) is 6.92 Å². The summed E-state index contributed by atoms with van der Waals surface area (Å²) in [6, 6.07) is 2.25. The van der Waals surface area contributed by atoms with Gasteiger partial charge in [-0.25, -0.2) is 4.98 Å². The highest BCUT2D eigenvalue weighted by Gasteiger charge is 2.25. The molecule has 4 heteroatoms. The summed E-state index contributed by atoms with van der Waals surface area (Å²) in [5.74, 6) is 0.707. The van der Waals surface area contributed by atoms with Crippen LogP contribution in [-0.2, 0) is 6.54 Å². The third-order valence-electron chi connectivity index (χ3n) is 3.88. The average molecular weight is 249 g/mol. The van der Waals surface area contributed by atoms with Crippen LogP contribution in [0.25, 0.3) is 0 Å². The SMILES string of the molecule is CCNC1CCCC1CCn1cnc(C)cc1=O. The first-order valence-electron chi connectivity index (χ1n) is 6.97. The van der Waals surface area contributed by atoms with Gasteiger partial charge in [0.05, 0.1) is 6.33 Å². The van der Waals surface area contributed by atoms with Gasteiger partial charge in [-0.2, -0.15) is 0 Å². The molecule has 18 heavy (non-hydrogen) atoms. The number of aryl methyl sites for hydroxylation is 2. The molecule has 0 aliphatic heterocycles. The lowest BCUT2D eigenvalue weighted by molar-refractivity contribution is 0.363. The van der Waals surface area contributed by atoms with Crippen LogP contribution in [0.4, 0.5) is 0 Å².